The number of hydrogen-bond donors (Lipinski definition) is 2. The van der Waals surface area contributed by atoms with E-state index in [0.717, 1.165) is 25.3 Å². The number of piperazine rings is 1. The van der Waals surface area contributed by atoms with E-state index in [1.54, 1.807) is 11.8 Å². The van der Waals surface area contributed by atoms with Crippen LogP contribution < -0.4 is 11.1 Å². The Kier molecular flexibility index (Phi) is 10.8. The topological polar surface area (TPSA) is 78.7 Å². The summed E-state index contributed by atoms with van der Waals surface area (Å²) in [7, 11) is 0. The maximum Gasteiger partial charge on any atom is 0.239 e. The van der Waals surface area contributed by atoms with Crippen LogP contribution >= 0.6 is 24.2 Å². The lowest BCUT2D eigenvalue weighted by Gasteiger charge is -2.35. The zero-order chi connectivity index (χ0) is 15.8. The molecule has 0 aromatic heterocycles. The summed E-state index contributed by atoms with van der Waals surface area (Å²) in [5.74, 6) is 0.985. The van der Waals surface area contributed by atoms with Crippen LogP contribution in [0.2, 0.25) is 0 Å². The van der Waals surface area contributed by atoms with Crippen molar-refractivity contribution < 1.29 is 9.59 Å². The van der Waals surface area contributed by atoms with Gasteiger partial charge in [0.05, 0.1) is 12.6 Å². The van der Waals surface area contributed by atoms with Crippen molar-refractivity contribution in [1.82, 2.24) is 15.1 Å². The Morgan fingerprint density at radius 2 is 1.82 bits per heavy atom. The van der Waals surface area contributed by atoms with Gasteiger partial charge in [-0.05, 0) is 32.3 Å². The fraction of sp³-hybridized carbons (Fsp3) is 0.857. The predicted octanol–water partition coefficient (Wildman–Crippen LogP) is 0.157. The highest BCUT2D eigenvalue weighted by atomic mass is 35.5. The van der Waals surface area contributed by atoms with Gasteiger partial charge in [-0.1, -0.05) is 0 Å². The minimum absolute atomic E-state index is 0. The van der Waals surface area contributed by atoms with Crippen LogP contribution in [0.4, 0.5) is 0 Å². The van der Waals surface area contributed by atoms with E-state index in [0.29, 0.717) is 19.6 Å². The van der Waals surface area contributed by atoms with E-state index in [9.17, 15) is 9.59 Å². The van der Waals surface area contributed by atoms with Crippen LogP contribution in [-0.2, 0) is 9.59 Å². The molecule has 1 atom stereocenters. The number of carbonyl (C=O) groups excluding carboxylic acids is 2. The fourth-order valence-corrected chi connectivity index (χ4v) is 2.79. The monoisotopic (exact) mass is 352 g/mol. The molecule has 1 fully saturated rings. The number of nitrogens with two attached hydrogens (primary N) is 1. The second-order valence-corrected chi connectivity index (χ2v) is 6.70. The summed E-state index contributed by atoms with van der Waals surface area (Å²) < 4.78 is 0. The third-order valence-electron chi connectivity index (χ3n) is 3.45. The second-order valence-electron chi connectivity index (χ2n) is 5.71. The highest BCUT2D eigenvalue weighted by Crippen LogP contribution is 2.06. The first-order chi connectivity index (χ1) is 9.93. The maximum atomic E-state index is 12.2. The van der Waals surface area contributed by atoms with Crippen molar-refractivity contribution in [3.05, 3.63) is 0 Å². The Morgan fingerprint density at radius 1 is 1.23 bits per heavy atom. The van der Waals surface area contributed by atoms with E-state index in [2.05, 4.69) is 10.2 Å². The molecule has 1 aliphatic heterocycles. The van der Waals surface area contributed by atoms with Crippen LogP contribution in [0.15, 0.2) is 0 Å². The summed E-state index contributed by atoms with van der Waals surface area (Å²) in [6.45, 7) is 7.06. The van der Waals surface area contributed by atoms with Crippen LogP contribution in [0.3, 0.4) is 0 Å². The van der Waals surface area contributed by atoms with Crippen molar-refractivity contribution in [3.8, 4) is 0 Å². The summed E-state index contributed by atoms with van der Waals surface area (Å²) in [5.41, 5.74) is 5.92. The Balaban J connectivity index is 0.00000441. The highest BCUT2D eigenvalue weighted by molar-refractivity contribution is 7.98. The van der Waals surface area contributed by atoms with E-state index in [4.69, 9.17) is 5.73 Å². The molecule has 6 nitrogen and oxygen atoms in total. The molecule has 3 N–H and O–H groups in total. The molecule has 1 aliphatic rings. The van der Waals surface area contributed by atoms with Crippen molar-refractivity contribution in [2.24, 2.45) is 5.73 Å². The lowest BCUT2D eigenvalue weighted by atomic mass is 10.2. The number of halogens is 1. The van der Waals surface area contributed by atoms with E-state index < -0.39 is 6.04 Å². The average molecular weight is 353 g/mol. The van der Waals surface area contributed by atoms with Gasteiger partial charge in [0.1, 0.15) is 0 Å². The number of carbonyl (C=O) groups is 2. The van der Waals surface area contributed by atoms with Gasteiger partial charge in [0, 0.05) is 32.2 Å². The van der Waals surface area contributed by atoms with Gasteiger partial charge in [0.2, 0.25) is 11.8 Å². The molecule has 1 heterocycles. The first-order valence-corrected chi connectivity index (χ1v) is 8.88. The Hall–Kier alpha value is -0.500. The molecule has 0 bridgehead atoms. The summed E-state index contributed by atoms with van der Waals surface area (Å²) in [6, 6.07) is -0.233. The van der Waals surface area contributed by atoms with Crippen LogP contribution in [0, 0.1) is 0 Å². The minimum Gasteiger partial charge on any atom is -0.353 e. The smallest absolute Gasteiger partial charge is 0.239 e. The molecule has 0 aliphatic carbocycles. The first-order valence-electron chi connectivity index (χ1n) is 7.49. The van der Waals surface area contributed by atoms with Gasteiger partial charge < -0.3 is 16.0 Å². The molecule has 0 saturated carbocycles. The van der Waals surface area contributed by atoms with Crippen LogP contribution in [0.25, 0.3) is 0 Å². The highest BCUT2D eigenvalue weighted by Gasteiger charge is 2.25. The molecular weight excluding hydrogens is 324 g/mol. The third kappa shape index (κ3) is 7.67. The molecule has 1 rings (SSSR count). The third-order valence-corrected chi connectivity index (χ3v) is 4.09. The molecule has 0 aromatic rings. The SMILES string of the molecule is CSCCC(N)C(=O)N1CCN(CC(=O)NC(C)C)CC1.Cl. The fourth-order valence-electron chi connectivity index (χ4n) is 2.30. The standard InChI is InChI=1S/C14H28N4O2S.ClH/c1-11(2)16-13(19)10-17-5-7-18(8-6-17)14(20)12(15)4-9-21-3;/h11-12H,4-10,15H2,1-3H3,(H,16,19);1H. The van der Waals surface area contributed by atoms with Gasteiger partial charge in [-0.2, -0.15) is 11.8 Å². The first kappa shape index (κ1) is 21.5. The Labute approximate surface area is 143 Å². The number of hydrogen-bond acceptors (Lipinski definition) is 5. The van der Waals surface area contributed by atoms with Crippen molar-refractivity contribution >= 4 is 36.0 Å². The number of rotatable bonds is 7. The molecule has 8 heteroatoms. The van der Waals surface area contributed by atoms with Gasteiger partial charge in [-0.3, -0.25) is 14.5 Å². The summed E-state index contributed by atoms with van der Waals surface area (Å²) in [6.07, 6.45) is 2.73. The number of thioether (sulfide) groups is 1. The molecule has 0 spiro atoms. The van der Waals surface area contributed by atoms with Crippen molar-refractivity contribution in [2.75, 3.05) is 44.7 Å². The molecule has 1 saturated heterocycles. The van der Waals surface area contributed by atoms with E-state index in [-0.39, 0.29) is 30.3 Å². The predicted molar refractivity (Wildman–Crippen MR) is 94.5 cm³/mol. The zero-order valence-corrected chi connectivity index (χ0v) is 15.3. The van der Waals surface area contributed by atoms with Gasteiger partial charge >= 0.3 is 0 Å². The Bertz CT molecular complexity index is 350. The van der Waals surface area contributed by atoms with E-state index in [1.165, 1.54) is 0 Å². The zero-order valence-electron chi connectivity index (χ0n) is 13.7. The Morgan fingerprint density at radius 3 is 2.32 bits per heavy atom. The van der Waals surface area contributed by atoms with Crippen LogP contribution in [0.1, 0.15) is 20.3 Å². The van der Waals surface area contributed by atoms with Crippen molar-refractivity contribution in [1.29, 1.82) is 0 Å². The van der Waals surface area contributed by atoms with Crippen molar-refractivity contribution in [2.45, 2.75) is 32.4 Å². The average Bonchev–Trinajstić information content (AvgIpc) is 2.43. The molecule has 130 valence electrons. The second kappa shape index (κ2) is 11.1. The summed E-state index contributed by atoms with van der Waals surface area (Å²) in [4.78, 5) is 27.8. The lowest BCUT2D eigenvalue weighted by Crippen LogP contribution is -2.54. The summed E-state index contributed by atoms with van der Waals surface area (Å²) in [5, 5.41) is 2.88. The molecular formula is C14H29ClN4O2S. The van der Waals surface area contributed by atoms with Gasteiger partial charge in [0.15, 0.2) is 0 Å². The van der Waals surface area contributed by atoms with Crippen LogP contribution in [-0.4, -0.2) is 78.4 Å². The molecule has 2 amide bonds. The number of amides is 2. The maximum absolute atomic E-state index is 12.2. The molecule has 22 heavy (non-hydrogen) atoms. The normalized spacial score (nSPS) is 17.0. The lowest BCUT2D eigenvalue weighted by molar-refractivity contribution is -0.134. The summed E-state index contributed by atoms with van der Waals surface area (Å²) >= 11 is 1.70. The quantitative estimate of drug-likeness (QED) is 0.682. The molecule has 0 aromatic carbocycles. The van der Waals surface area contributed by atoms with E-state index >= 15 is 0 Å². The van der Waals surface area contributed by atoms with E-state index in [1.807, 2.05) is 25.0 Å². The van der Waals surface area contributed by atoms with Crippen LogP contribution in [0.5, 0.6) is 0 Å². The van der Waals surface area contributed by atoms with Gasteiger partial charge in [0.25, 0.3) is 0 Å². The van der Waals surface area contributed by atoms with Gasteiger partial charge in [-0.15, -0.1) is 12.4 Å². The number of nitrogens with one attached hydrogen (secondary N) is 1. The molecule has 0 radical (unpaired) electrons. The minimum atomic E-state index is -0.395. The largest absolute Gasteiger partial charge is 0.353 e. The number of nitrogens with zero attached hydrogens (tertiary/aromatic N) is 2. The van der Waals surface area contributed by atoms with Crippen molar-refractivity contribution in [3.63, 3.8) is 0 Å². The van der Waals surface area contributed by atoms with Gasteiger partial charge in [-0.25, -0.2) is 0 Å². The molecule has 1 unspecified atom stereocenters.